The Labute approximate surface area is 134 Å². The summed E-state index contributed by atoms with van der Waals surface area (Å²) in [7, 11) is 0. The van der Waals surface area contributed by atoms with Gasteiger partial charge in [-0.1, -0.05) is 35.0 Å². The number of likely N-dealkylation sites (tertiary alicyclic amines) is 1. The van der Waals surface area contributed by atoms with Gasteiger partial charge in [-0.25, -0.2) is 0 Å². The van der Waals surface area contributed by atoms with Gasteiger partial charge in [0.2, 0.25) is 0 Å². The zero-order chi connectivity index (χ0) is 15.2. The monoisotopic (exact) mass is 354 g/mol. The summed E-state index contributed by atoms with van der Waals surface area (Å²) in [5.41, 5.74) is 1.33. The van der Waals surface area contributed by atoms with Crippen molar-refractivity contribution in [3.8, 4) is 0 Å². The first kappa shape index (κ1) is 16.5. The standard InChI is InChI=1S/C16H23BrN2O2/c1-2-19(12-16(20)21)15-7-9-18(10-8-15)11-13-3-5-14(17)6-4-13/h3-6,15H,2,7-12H2,1H3,(H,20,21). The largest absolute Gasteiger partial charge is 0.480 e. The Morgan fingerprint density at radius 1 is 1.33 bits per heavy atom. The predicted molar refractivity (Wildman–Crippen MR) is 87.3 cm³/mol. The summed E-state index contributed by atoms with van der Waals surface area (Å²) in [6.07, 6.45) is 2.11. The molecule has 0 amide bonds. The second kappa shape index (κ2) is 7.92. The van der Waals surface area contributed by atoms with Crippen LogP contribution >= 0.6 is 15.9 Å². The summed E-state index contributed by atoms with van der Waals surface area (Å²) in [4.78, 5) is 15.4. The van der Waals surface area contributed by atoms with Gasteiger partial charge in [-0.15, -0.1) is 0 Å². The molecular weight excluding hydrogens is 332 g/mol. The maximum Gasteiger partial charge on any atom is 0.317 e. The highest BCUT2D eigenvalue weighted by Crippen LogP contribution is 2.19. The number of hydrogen-bond acceptors (Lipinski definition) is 3. The summed E-state index contributed by atoms with van der Waals surface area (Å²) >= 11 is 3.45. The first-order valence-corrected chi connectivity index (χ1v) is 8.30. The quantitative estimate of drug-likeness (QED) is 0.852. The van der Waals surface area contributed by atoms with Crippen molar-refractivity contribution < 1.29 is 9.90 Å². The molecule has 1 aliphatic heterocycles. The maximum atomic E-state index is 10.9. The van der Waals surface area contributed by atoms with E-state index in [1.165, 1.54) is 5.56 Å². The fraction of sp³-hybridized carbons (Fsp3) is 0.562. The van der Waals surface area contributed by atoms with Crippen LogP contribution in [0.25, 0.3) is 0 Å². The van der Waals surface area contributed by atoms with Crippen LogP contribution in [0.3, 0.4) is 0 Å². The molecule has 0 saturated carbocycles. The molecule has 0 atom stereocenters. The summed E-state index contributed by atoms with van der Waals surface area (Å²) in [5, 5.41) is 8.96. The molecule has 116 valence electrons. The van der Waals surface area contributed by atoms with E-state index in [1.54, 1.807) is 0 Å². The van der Waals surface area contributed by atoms with Gasteiger partial charge in [0.25, 0.3) is 0 Å². The highest BCUT2D eigenvalue weighted by Gasteiger charge is 2.24. The molecule has 1 heterocycles. The van der Waals surface area contributed by atoms with E-state index < -0.39 is 5.97 Å². The molecule has 1 aliphatic rings. The van der Waals surface area contributed by atoms with Crippen LogP contribution in [-0.4, -0.2) is 53.1 Å². The van der Waals surface area contributed by atoms with E-state index in [9.17, 15) is 4.79 Å². The van der Waals surface area contributed by atoms with Gasteiger partial charge >= 0.3 is 5.97 Å². The molecule has 2 rings (SSSR count). The van der Waals surface area contributed by atoms with Gasteiger partial charge in [0, 0.05) is 17.1 Å². The molecule has 1 aromatic carbocycles. The molecule has 5 heteroatoms. The molecule has 21 heavy (non-hydrogen) atoms. The molecule has 1 fully saturated rings. The molecule has 0 bridgehead atoms. The van der Waals surface area contributed by atoms with E-state index in [4.69, 9.17) is 5.11 Å². The van der Waals surface area contributed by atoms with Gasteiger partial charge in [0.1, 0.15) is 0 Å². The van der Waals surface area contributed by atoms with Crippen molar-refractivity contribution in [2.45, 2.75) is 32.4 Å². The predicted octanol–water partition coefficient (Wildman–Crippen LogP) is 2.82. The Kier molecular flexibility index (Phi) is 6.21. The lowest BCUT2D eigenvalue weighted by Crippen LogP contribution is -2.46. The Morgan fingerprint density at radius 3 is 2.48 bits per heavy atom. The van der Waals surface area contributed by atoms with Crippen LogP contribution in [0.5, 0.6) is 0 Å². The number of rotatable bonds is 6. The summed E-state index contributed by atoms with van der Waals surface area (Å²) in [5.74, 6) is -0.728. The second-order valence-corrected chi connectivity index (χ2v) is 6.51. The lowest BCUT2D eigenvalue weighted by molar-refractivity contribution is -0.139. The van der Waals surface area contributed by atoms with Crippen LogP contribution in [-0.2, 0) is 11.3 Å². The van der Waals surface area contributed by atoms with Gasteiger partial charge in [0.05, 0.1) is 6.54 Å². The molecular formula is C16H23BrN2O2. The van der Waals surface area contributed by atoms with Crippen LogP contribution < -0.4 is 0 Å². The Bertz CT molecular complexity index is 456. The van der Waals surface area contributed by atoms with Crippen LogP contribution in [0, 0.1) is 0 Å². The number of carbonyl (C=O) groups is 1. The van der Waals surface area contributed by atoms with E-state index in [1.807, 2.05) is 6.92 Å². The fourth-order valence-corrected chi connectivity index (χ4v) is 3.23. The van der Waals surface area contributed by atoms with Crippen molar-refractivity contribution in [2.24, 2.45) is 0 Å². The highest BCUT2D eigenvalue weighted by atomic mass is 79.9. The van der Waals surface area contributed by atoms with Crippen LogP contribution in [0.1, 0.15) is 25.3 Å². The average molecular weight is 355 g/mol. The minimum absolute atomic E-state index is 0.161. The summed E-state index contributed by atoms with van der Waals surface area (Å²) < 4.78 is 1.11. The van der Waals surface area contributed by atoms with Crippen molar-refractivity contribution in [1.82, 2.24) is 9.80 Å². The number of halogens is 1. The molecule has 1 aromatic rings. The van der Waals surface area contributed by atoms with Gasteiger partial charge < -0.3 is 5.11 Å². The Balaban J connectivity index is 1.82. The minimum atomic E-state index is -0.728. The third kappa shape index (κ3) is 5.09. The molecule has 0 aromatic heterocycles. The van der Waals surface area contributed by atoms with Crippen molar-refractivity contribution in [3.63, 3.8) is 0 Å². The number of piperidine rings is 1. The summed E-state index contributed by atoms with van der Waals surface area (Å²) in [6, 6.07) is 8.87. The van der Waals surface area contributed by atoms with Gasteiger partial charge in [0.15, 0.2) is 0 Å². The number of benzene rings is 1. The normalized spacial score (nSPS) is 17.3. The Morgan fingerprint density at radius 2 is 1.95 bits per heavy atom. The van der Waals surface area contributed by atoms with Gasteiger partial charge in [-0.05, 0) is 50.2 Å². The topological polar surface area (TPSA) is 43.8 Å². The zero-order valence-corrected chi connectivity index (χ0v) is 14.1. The molecule has 1 N–H and O–H groups in total. The van der Waals surface area contributed by atoms with E-state index in [0.717, 1.165) is 43.5 Å². The second-order valence-electron chi connectivity index (χ2n) is 5.59. The van der Waals surface area contributed by atoms with E-state index in [-0.39, 0.29) is 6.54 Å². The first-order valence-electron chi connectivity index (χ1n) is 7.51. The van der Waals surface area contributed by atoms with Crippen LogP contribution in [0.4, 0.5) is 0 Å². The third-order valence-electron chi connectivity index (χ3n) is 4.14. The van der Waals surface area contributed by atoms with Gasteiger partial charge in [-0.2, -0.15) is 0 Å². The third-order valence-corrected chi connectivity index (χ3v) is 4.67. The number of hydrogen-bond donors (Lipinski definition) is 1. The smallest absolute Gasteiger partial charge is 0.317 e. The molecule has 1 saturated heterocycles. The van der Waals surface area contributed by atoms with Crippen molar-refractivity contribution in [1.29, 1.82) is 0 Å². The molecule has 0 radical (unpaired) electrons. The van der Waals surface area contributed by atoms with Gasteiger partial charge in [-0.3, -0.25) is 14.6 Å². The van der Waals surface area contributed by atoms with Crippen LogP contribution in [0.15, 0.2) is 28.7 Å². The highest BCUT2D eigenvalue weighted by molar-refractivity contribution is 9.10. The lowest BCUT2D eigenvalue weighted by Gasteiger charge is -2.37. The maximum absolute atomic E-state index is 10.9. The fourth-order valence-electron chi connectivity index (χ4n) is 2.96. The molecule has 4 nitrogen and oxygen atoms in total. The molecule has 0 spiro atoms. The van der Waals surface area contributed by atoms with Crippen molar-refractivity contribution in [2.75, 3.05) is 26.2 Å². The number of carboxylic acids is 1. The number of nitrogens with zero attached hydrogens (tertiary/aromatic N) is 2. The SMILES string of the molecule is CCN(CC(=O)O)C1CCN(Cc2ccc(Br)cc2)CC1. The van der Waals surface area contributed by atoms with E-state index in [0.29, 0.717) is 6.04 Å². The molecule has 0 unspecified atom stereocenters. The molecule has 0 aliphatic carbocycles. The summed E-state index contributed by atoms with van der Waals surface area (Å²) in [6.45, 7) is 6.06. The minimum Gasteiger partial charge on any atom is -0.480 e. The van der Waals surface area contributed by atoms with Crippen molar-refractivity contribution >= 4 is 21.9 Å². The van der Waals surface area contributed by atoms with Crippen LogP contribution in [0.2, 0.25) is 0 Å². The Hall–Kier alpha value is -0.910. The lowest BCUT2D eigenvalue weighted by atomic mass is 10.0. The van der Waals surface area contributed by atoms with E-state index >= 15 is 0 Å². The first-order chi connectivity index (χ1) is 10.1. The average Bonchev–Trinajstić information content (AvgIpc) is 2.48. The number of aliphatic carboxylic acids is 1. The number of likely N-dealkylation sites (N-methyl/N-ethyl adjacent to an activating group) is 1. The number of carboxylic acid groups (broad SMARTS) is 1. The van der Waals surface area contributed by atoms with E-state index in [2.05, 4.69) is 50.0 Å². The van der Waals surface area contributed by atoms with Crippen molar-refractivity contribution in [3.05, 3.63) is 34.3 Å². The zero-order valence-electron chi connectivity index (χ0n) is 12.5.